The average Bonchev–Trinajstić information content (AvgIpc) is 2.34. The van der Waals surface area contributed by atoms with Crippen molar-refractivity contribution in [3.8, 4) is 0 Å². The van der Waals surface area contributed by atoms with E-state index in [2.05, 4.69) is 6.92 Å². The zero-order valence-electron chi connectivity index (χ0n) is 10.0. The molecular weight excluding hydrogens is 255 g/mol. The predicted molar refractivity (Wildman–Crippen MR) is 72.9 cm³/mol. The fourth-order valence-corrected chi connectivity index (χ4v) is 3.28. The molecule has 0 saturated heterocycles. The van der Waals surface area contributed by atoms with Crippen LogP contribution < -0.4 is 0 Å². The summed E-state index contributed by atoms with van der Waals surface area (Å²) in [4.78, 5) is 0. The first kappa shape index (κ1) is 13.2. The van der Waals surface area contributed by atoms with Gasteiger partial charge in [-0.3, -0.25) is 0 Å². The summed E-state index contributed by atoms with van der Waals surface area (Å²) in [5.41, 5.74) is 0.994. The molecule has 1 aromatic carbocycles. The van der Waals surface area contributed by atoms with Crippen LogP contribution in [0.4, 0.5) is 0 Å². The number of aliphatic hydroxyl groups is 1. The molecule has 2 atom stereocenters. The van der Waals surface area contributed by atoms with E-state index < -0.39 is 0 Å². The molecule has 2 rings (SSSR count). The monoisotopic (exact) mass is 272 g/mol. The number of benzene rings is 1. The minimum Gasteiger partial charge on any atom is -0.392 e. The van der Waals surface area contributed by atoms with Crippen LogP contribution in [0.3, 0.4) is 0 Å². The summed E-state index contributed by atoms with van der Waals surface area (Å²) >= 11 is 12.0. The molecule has 1 saturated carbocycles. The summed E-state index contributed by atoms with van der Waals surface area (Å²) in [6, 6.07) is 5.76. The van der Waals surface area contributed by atoms with Gasteiger partial charge in [-0.2, -0.15) is 0 Å². The minimum atomic E-state index is -0.265. The van der Waals surface area contributed by atoms with E-state index in [1.807, 2.05) is 18.2 Å². The molecule has 0 radical (unpaired) electrons. The van der Waals surface area contributed by atoms with Crippen molar-refractivity contribution in [3.63, 3.8) is 0 Å². The third-order valence-corrected chi connectivity index (χ3v) is 4.85. The normalized spacial score (nSPS) is 29.3. The molecule has 1 aliphatic rings. The minimum absolute atomic E-state index is 0.132. The Bertz CT molecular complexity index is 405. The molecule has 1 nitrogen and oxygen atoms in total. The molecule has 1 fully saturated rings. The Kier molecular flexibility index (Phi) is 4.02. The lowest BCUT2D eigenvalue weighted by atomic mass is 9.66. The van der Waals surface area contributed by atoms with Crippen LogP contribution >= 0.6 is 23.2 Å². The van der Waals surface area contributed by atoms with Crippen molar-refractivity contribution in [1.82, 2.24) is 0 Å². The largest absolute Gasteiger partial charge is 0.392 e. The Morgan fingerprint density at radius 1 is 1.29 bits per heavy atom. The Morgan fingerprint density at radius 3 is 2.65 bits per heavy atom. The maximum atomic E-state index is 10.4. The van der Waals surface area contributed by atoms with Gasteiger partial charge in [0.15, 0.2) is 0 Å². The number of aliphatic hydroxyl groups excluding tert-OH is 1. The number of hydrogen-bond donors (Lipinski definition) is 1. The Morgan fingerprint density at radius 2 is 2.06 bits per heavy atom. The lowest BCUT2D eigenvalue weighted by molar-refractivity contribution is 0.0391. The van der Waals surface area contributed by atoms with Crippen LogP contribution in [-0.4, -0.2) is 11.2 Å². The first-order chi connectivity index (χ1) is 8.10. The summed E-state index contributed by atoms with van der Waals surface area (Å²) < 4.78 is 0. The Hall–Kier alpha value is -0.240. The number of rotatable bonds is 2. The fraction of sp³-hybridized carbons (Fsp3) is 0.571. The van der Waals surface area contributed by atoms with E-state index in [-0.39, 0.29) is 11.5 Å². The molecule has 1 aliphatic carbocycles. The van der Waals surface area contributed by atoms with E-state index in [0.717, 1.165) is 31.2 Å². The second-order valence-corrected chi connectivity index (χ2v) is 5.71. The Balaban J connectivity index is 2.42. The summed E-state index contributed by atoms with van der Waals surface area (Å²) in [5, 5.41) is 11.5. The van der Waals surface area contributed by atoms with E-state index in [0.29, 0.717) is 10.0 Å². The Labute approximate surface area is 113 Å². The quantitative estimate of drug-likeness (QED) is 0.836. The molecule has 1 N–H and O–H groups in total. The van der Waals surface area contributed by atoms with Crippen molar-refractivity contribution < 1.29 is 5.11 Å². The van der Waals surface area contributed by atoms with Gasteiger partial charge in [0, 0.05) is 5.41 Å². The first-order valence-corrected chi connectivity index (χ1v) is 6.99. The van der Waals surface area contributed by atoms with Gasteiger partial charge in [0.1, 0.15) is 0 Å². The molecule has 1 aromatic rings. The molecule has 0 aliphatic heterocycles. The van der Waals surface area contributed by atoms with Crippen LogP contribution in [0, 0.1) is 0 Å². The summed E-state index contributed by atoms with van der Waals surface area (Å²) in [6.45, 7) is 2.14. The topological polar surface area (TPSA) is 20.2 Å². The van der Waals surface area contributed by atoms with Gasteiger partial charge in [-0.1, -0.05) is 49.0 Å². The van der Waals surface area contributed by atoms with Crippen molar-refractivity contribution in [2.45, 2.75) is 50.5 Å². The van der Waals surface area contributed by atoms with Crippen molar-refractivity contribution in [3.05, 3.63) is 33.8 Å². The molecule has 0 bridgehead atoms. The molecule has 0 heterocycles. The van der Waals surface area contributed by atoms with Crippen LogP contribution in [0.5, 0.6) is 0 Å². The van der Waals surface area contributed by atoms with Crippen LogP contribution in [0.15, 0.2) is 18.2 Å². The van der Waals surface area contributed by atoms with Crippen LogP contribution in [0.25, 0.3) is 0 Å². The van der Waals surface area contributed by atoms with Crippen molar-refractivity contribution in [2.75, 3.05) is 0 Å². The van der Waals surface area contributed by atoms with Gasteiger partial charge in [-0.05, 0) is 37.0 Å². The molecule has 2 unspecified atom stereocenters. The second-order valence-electron chi connectivity index (χ2n) is 4.90. The number of halogens is 2. The second kappa shape index (κ2) is 5.17. The molecular formula is C14H18Cl2O. The van der Waals surface area contributed by atoms with Crippen LogP contribution in [0.2, 0.25) is 10.0 Å². The number of hydrogen-bond acceptors (Lipinski definition) is 1. The third kappa shape index (κ3) is 2.33. The standard InChI is InChI=1S/C14H18Cl2O/c1-2-14(8-4-3-5-13(14)17)10-6-7-11(15)12(16)9-10/h6-7,9,13,17H,2-5,8H2,1H3. The van der Waals surface area contributed by atoms with Gasteiger partial charge < -0.3 is 5.11 Å². The summed E-state index contributed by atoms with van der Waals surface area (Å²) in [5.74, 6) is 0. The third-order valence-electron chi connectivity index (χ3n) is 4.11. The smallest absolute Gasteiger partial charge is 0.0636 e. The van der Waals surface area contributed by atoms with Gasteiger partial charge in [0.25, 0.3) is 0 Å². The van der Waals surface area contributed by atoms with Gasteiger partial charge in [0.05, 0.1) is 16.1 Å². The fourth-order valence-electron chi connectivity index (χ4n) is 2.98. The summed E-state index contributed by atoms with van der Waals surface area (Å²) in [6.07, 6.45) is 4.87. The van der Waals surface area contributed by atoms with Crippen LogP contribution in [0.1, 0.15) is 44.6 Å². The highest BCUT2D eigenvalue weighted by atomic mass is 35.5. The van der Waals surface area contributed by atoms with Crippen molar-refractivity contribution >= 4 is 23.2 Å². The highest BCUT2D eigenvalue weighted by molar-refractivity contribution is 6.42. The maximum Gasteiger partial charge on any atom is 0.0636 e. The highest BCUT2D eigenvalue weighted by Gasteiger charge is 2.39. The lowest BCUT2D eigenvalue weighted by Crippen LogP contribution is -2.41. The van der Waals surface area contributed by atoms with Gasteiger partial charge in [-0.25, -0.2) is 0 Å². The average molecular weight is 273 g/mol. The van der Waals surface area contributed by atoms with Gasteiger partial charge in [-0.15, -0.1) is 0 Å². The van der Waals surface area contributed by atoms with E-state index in [1.54, 1.807) is 0 Å². The van der Waals surface area contributed by atoms with E-state index in [4.69, 9.17) is 23.2 Å². The van der Waals surface area contributed by atoms with Crippen LogP contribution in [-0.2, 0) is 5.41 Å². The van der Waals surface area contributed by atoms with Crippen molar-refractivity contribution in [2.24, 2.45) is 0 Å². The summed E-state index contributed by atoms with van der Waals surface area (Å²) in [7, 11) is 0. The van der Waals surface area contributed by atoms with Crippen molar-refractivity contribution in [1.29, 1.82) is 0 Å². The lowest BCUT2D eigenvalue weighted by Gasteiger charge is -2.41. The molecule has 94 valence electrons. The molecule has 0 spiro atoms. The zero-order valence-corrected chi connectivity index (χ0v) is 11.6. The SMILES string of the molecule is CCC1(c2ccc(Cl)c(Cl)c2)CCCCC1O. The molecule has 3 heteroatoms. The van der Waals surface area contributed by atoms with E-state index in [1.165, 1.54) is 6.42 Å². The highest BCUT2D eigenvalue weighted by Crippen LogP contribution is 2.43. The van der Waals surface area contributed by atoms with Gasteiger partial charge in [0.2, 0.25) is 0 Å². The first-order valence-electron chi connectivity index (χ1n) is 6.24. The zero-order chi connectivity index (χ0) is 12.5. The van der Waals surface area contributed by atoms with Gasteiger partial charge >= 0.3 is 0 Å². The van der Waals surface area contributed by atoms with E-state index in [9.17, 15) is 5.11 Å². The van der Waals surface area contributed by atoms with E-state index >= 15 is 0 Å². The molecule has 0 amide bonds. The molecule has 17 heavy (non-hydrogen) atoms. The maximum absolute atomic E-state index is 10.4. The predicted octanol–water partition coefficient (Wildman–Crippen LogP) is 4.58. The molecule has 0 aromatic heterocycles.